The first-order valence-corrected chi connectivity index (χ1v) is 6.06. The van der Waals surface area contributed by atoms with Crippen LogP contribution in [0.4, 0.5) is 18.9 Å². The normalized spacial score (nSPS) is 11.1. The number of benzene rings is 1. The lowest BCUT2D eigenvalue weighted by molar-refractivity contribution is -0.126. The van der Waals surface area contributed by atoms with Crippen LogP contribution in [0.25, 0.3) is 0 Å². The minimum Gasteiger partial charge on any atom is -0.465 e. The van der Waals surface area contributed by atoms with Crippen LogP contribution >= 0.6 is 11.6 Å². The van der Waals surface area contributed by atoms with Crippen molar-refractivity contribution in [2.75, 3.05) is 25.5 Å². The lowest BCUT2D eigenvalue weighted by Crippen LogP contribution is -2.35. The summed E-state index contributed by atoms with van der Waals surface area (Å²) in [5.41, 5.74) is 0.110. The molecule has 0 saturated heterocycles. The molecule has 21 heavy (non-hydrogen) atoms. The summed E-state index contributed by atoms with van der Waals surface area (Å²) in [6, 6.07) is 4.06. The number of methoxy groups -OCH3 is 1. The molecular formula is C12H12ClF3N2O3. The van der Waals surface area contributed by atoms with Crippen LogP contribution in [0, 0.1) is 0 Å². The first kappa shape index (κ1) is 17.3. The van der Waals surface area contributed by atoms with Gasteiger partial charge in [-0.25, -0.2) is 4.79 Å². The van der Waals surface area contributed by atoms with E-state index in [2.05, 4.69) is 10.1 Å². The van der Waals surface area contributed by atoms with Crippen molar-refractivity contribution in [3.8, 4) is 0 Å². The number of carbonyl (C=O) groups excluding carboxylic acids is 2. The molecule has 1 amide bonds. The number of hydrogen-bond donors (Lipinski definition) is 2. The van der Waals surface area contributed by atoms with Gasteiger partial charge in [-0.2, -0.15) is 13.2 Å². The van der Waals surface area contributed by atoms with Crippen molar-refractivity contribution in [3.63, 3.8) is 0 Å². The summed E-state index contributed by atoms with van der Waals surface area (Å²) >= 11 is 5.73. The Kier molecular flexibility index (Phi) is 5.98. The molecule has 0 spiro atoms. The maximum Gasteiger partial charge on any atom is 0.401 e. The minimum atomic E-state index is -4.41. The van der Waals surface area contributed by atoms with Gasteiger partial charge in [0.2, 0.25) is 5.91 Å². The van der Waals surface area contributed by atoms with Crippen molar-refractivity contribution in [3.05, 3.63) is 28.8 Å². The van der Waals surface area contributed by atoms with E-state index in [0.29, 0.717) is 0 Å². The Balaban J connectivity index is 2.70. The van der Waals surface area contributed by atoms with Gasteiger partial charge in [0.15, 0.2) is 0 Å². The first-order valence-electron chi connectivity index (χ1n) is 5.68. The van der Waals surface area contributed by atoms with Crippen molar-refractivity contribution in [2.24, 2.45) is 0 Å². The smallest absolute Gasteiger partial charge is 0.401 e. The molecule has 9 heteroatoms. The predicted molar refractivity (Wildman–Crippen MR) is 70.3 cm³/mol. The predicted octanol–water partition coefficient (Wildman–Crippen LogP) is 2.22. The van der Waals surface area contributed by atoms with Crippen LogP contribution in [0.1, 0.15) is 10.4 Å². The molecule has 0 radical (unpaired) electrons. The average molecular weight is 325 g/mol. The average Bonchev–Trinajstić information content (AvgIpc) is 2.38. The molecule has 5 nitrogen and oxygen atoms in total. The summed E-state index contributed by atoms with van der Waals surface area (Å²) in [5.74, 6) is -1.46. The Morgan fingerprint density at radius 3 is 2.57 bits per heavy atom. The van der Waals surface area contributed by atoms with Gasteiger partial charge in [0, 0.05) is 5.02 Å². The standard InChI is InChI=1S/C12H12ClF3N2O3/c1-21-11(20)8-4-7(13)2-3-9(8)18-10(19)5-17-6-12(14,15)16/h2-4,17H,5-6H2,1H3,(H,18,19). The molecule has 0 aliphatic rings. The molecular weight excluding hydrogens is 313 g/mol. The summed E-state index contributed by atoms with van der Waals surface area (Å²) in [5, 5.41) is 4.50. The Labute approximate surface area is 123 Å². The Bertz CT molecular complexity index is 535. The number of carbonyl (C=O) groups is 2. The molecule has 0 heterocycles. The van der Waals surface area contributed by atoms with Gasteiger partial charge in [-0.15, -0.1) is 0 Å². The number of esters is 1. The third kappa shape index (κ3) is 6.01. The summed E-state index contributed by atoms with van der Waals surface area (Å²) < 4.78 is 40.3. The topological polar surface area (TPSA) is 67.4 Å². The molecule has 0 bridgehead atoms. The van der Waals surface area contributed by atoms with E-state index in [1.54, 1.807) is 0 Å². The minimum absolute atomic E-state index is 0.00849. The lowest BCUT2D eigenvalue weighted by atomic mass is 10.2. The van der Waals surface area contributed by atoms with Crippen LogP contribution in [0.5, 0.6) is 0 Å². The number of ether oxygens (including phenoxy) is 1. The van der Waals surface area contributed by atoms with Crippen LogP contribution in [0.15, 0.2) is 18.2 Å². The first-order chi connectivity index (χ1) is 9.73. The van der Waals surface area contributed by atoms with Gasteiger partial charge < -0.3 is 15.4 Å². The van der Waals surface area contributed by atoms with E-state index < -0.39 is 31.1 Å². The molecule has 0 aliphatic carbocycles. The molecule has 0 aromatic heterocycles. The number of alkyl halides is 3. The molecule has 2 N–H and O–H groups in total. The number of rotatable bonds is 5. The summed E-state index contributed by atoms with van der Waals surface area (Å²) in [4.78, 5) is 23.0. The van der Waals surface area contributed by atoms with Crippen molar-refractivity contribution in [1.29, 1.82) is 0 Å². The number of halogens is 4. The fourth-order valence-electron chi connectivity index (χ4n) is 1.42. The van der Waals surface area contributed by atoms with Crippen molar-refractivity contribution in [2.45, 2.75) is 6.18 Å². The zero-order valence-electron chi connectivity index (χ0n) is 10.9. The molecule has 0 unspecified atom stereocenters. The van der Waals surface area contributed by atoms with Gasteiger partial charge in [0.05, 0.1) is 31.5 Å². The van der Waals surface area contributed by atoms with Gasteiger partial charge in [-0.3, -0.25) is 4.79 Å². The second-order valence-electron chi connectivity index (χ2n) is 3.95. The molecule has 0 aliphatic heterocycles. The zero-order chi connectivity index (χ0) is 16.0. The second kappa shape index (κ2) is 7.28. The van der Waals surface area contributed by atoms with Crippen LogP contribution in [-0.4, -0.2) is 38.3 Å². The van der Waals surface area contributed by atoms with E-state index in [4.69, 9.17) is 11.6 Å². The van der Waals surface area contributed by atoms with E-state index in [0.717, 1.165) is 7.11 Å². The number of anilines is 1. The van der Waals surface area contributed by atoms with Gasteiger partial charge in [0.1, 0.15) is 0 Å². The molecule has 116 valence electrons. The highest BCUT2D eigenvalue weighted by Gasteiger charge is 2.26. The third-order valence-electron chi connectivity index (χ3n) is 2.27. The fraction of sp³-hybridized carbons (Fsp3) is 0.333. The summed E-state index contributed by atoms with van der Waals surface area (Å²) in [6.45, 7) is -1.84. The van der Waals surface area contributed by atoms with Crippen LogP contribution in [0.2, 0.25) is 5.02 Å². The van der Waals surface area contributed by atoms with Gasteiger partial charge in [-0.05, 0) is 18.2 Å². The molecule has 1 aromatic rings. The molecule has 1 aromatic carbocycles. The fourth-order valence-corrected chi connectivity index (χ4v) is 1.59. The molecule has 0 fully saturated rings. The van der Waals surface area contributed by atoms with E-state index in [1.165, 1.54) is 18.2 Å². The van der Waals surface area contributed by atoms with Crippen molar-refractivity contribution >= 4 is 29.2 Å². The molecule has 0 atom stereocenters. The Morgan fingerprint density at radius 2 is 2.00 bits per heavy atom. The quantitative estimate of drug-likeness (QED) is 0.815. The third-order valence-corrected chi connectivity index (χ3v) is 2.51. The van der Waals surface area contributed by atoms with Gasteiger partial charge >= 0.3 is 12.1 Å². The Morgan fingerprint density at radius 1 is 1.33 bits per heavy atom. The number of amides is 1. The zero-order valence-corrected chi connectivity index (χ0v) is 11.6. The SMILES string of the molecule is COC(=O)c1cc(Cl)ccc1NC(=O)CNCC(F)(F)F. The van der Waals surface area contributed by atoms with Crippen LogP contribution in [-0.2, 0) is 9.53 Å². The van der Waals surface area contributed by atoms with E-state index in [9.17, 15) is 22.8 Å². The van der Waals surface area contributed by atoms with Crippen LogP contribution in [0.3, 0.4) is 0 Å². The highest BCUT2D eigenvalue weighted by molar-refractivity contribution is 6.31. The summed E-state index contributed by atoms with van der Waals surface area (Å²) in [7, 11) is 1.15. The maximum atomic E-state index is 11.9. The number of nitrogens with one attached hydrogen (secondary N) is 2. The van der Waals surface area contributed by atoms with E-state index >= 15 is 0 Å². The molecule has 1 rings (SSSR count). The van der Waals surface area contributed by atoms with Crippen molar-refractivity contribution < 1.29 is 27.5 Å². The van der Waals surface area contributed by atoms with E-state index in [-0.39, 0.29) is 16.3 Å². The van der Waals surface area contributed by atoms with Gasteiger partial charge in [-0.1, -0.05) is 11.6 Å². The van der Waals surface area contributed by atoms with Crippen molar-refractivity contribution in [1.82, 2.24) is 5.32 Å². The summed E-state index contributed by atoms with van der Waals surface area (Å²) in [6.07, 6.45) is -4.41. The molecule has 0 saturated carbocycles. The highest BCUT2D eigenvalue weighted by Crippen LogP contribution is 2.21. The van der Waals surface area contributed by atoms with Gasteiger partial charge in [0.25, 0.3) is 0 Å². The second-order valence-corrected chi connectivity index (χ2v) is 4.38. The lowest BCUT2D eigenvalue weighted by Gasteiger charge is -2.11. The largest absolute Gasteiger partial charge is 0.465 e. The monoisotopic (exact) mass is 324 g/mol. The Hall–Kier alpha value is -1.80. The van der Waals surface area contributed by atoms with Crippen LogP contribution < -0.4 is 10.6 Å². The number of hydrogen-bond acceptors (Lipinski definition) is 4. The highest BCUT2D eigenvalue weighted by atomic mass is 35.5. The maximum absolute atomic E-state index is 11.9. The van der Waals surface area contributed by atoms with E-state index in [1.807, 2.05) is 5.32 Å².